The maximum absolute atomic E-state index is 5.36. The van der Waals surface area contributed by atoms with Gasteiger partial charge in [0, 0.05) is 19.1 Å². The van der Waals surface area contributed by atoms with Crippen LogP contribution >= 0.6 is 0 Å². The van der Waals surface area contributed by atoms with E-state index in [1.807, 2.05) is 0 Å². The van der Waals surface area contributed by atoms with E-state index in [0.29, 0.717) is 0 Å². The number of hydrogen-bond donors (Lipinski definition) is 1. The van der Waals surface area contributed by atoms with E-state index in [0.717, 1.165) is 38.3 Å². The molecule has 2 atom stereocenters. The quantitative estimate of drug-likeness (QED) is 0.743. The van der Waals surface area contributed by atoms with Crippen LogP contribution in [0.1, 0.15) is 39.0 Å². The first kappa shape index (κ1) is 13.3. The van der Waals surface area contributed by atoms with Crippen molar-refractivity contribution in [2.45, 2.75) is 45.1 Å². The maximum Gasteiger partial charge on any atom is 0.0594 e. The zero-order chi connectivity index (χ0) is 11.9. The largest absolute Gasteiger partial charge is 0.379 e. The van der Waals surface area contributed by atoms with Crippen LogP contribution in [-0.2, 0) is 4.74 Å². The van der Waals surface area contributed by atoms with Crippen LogP contribution in [0.15, 0.2) is 0 Å². The molecule has 0 radical (unpaired) electrons. The van der Waals surface area contributed by atoms with Gasteiger partial charge in [-0.25, -0.2) is 0 Å². The Morgan fingerprint density at radius 1 is 1.24 bits per heavy atom. The van der Waals surface area contributed by atoms with Gasteiger partial charge in [-0.1, -0.05) is 19.8 Å². The van der Waals surface area contributed by atoms with Gasteiger partial charge in [0.2, 0.25) is 0 Å². The Kier molecular flexibility index (Phi) is 5.75. The summed E-state index contributed by atoms with van der Waals surface area (Å²) in [5, 5.41) is 3.73. The Bertz CT molecular complexity index is 204. The number of rotatable bonds is 5. The van der Waals surface area contributed by atoms with Gasteiger partial charge < -0.3 is 10.1 Å². The molecule has 0 aromatic carbocycles. The molecule has 17 heavy (non-hydrogen) atoms. The lowest BCUT2D eigenvalue weighted by atomic mass is 9.87. The molecule has 2 rings (SSSR count). The summed E-state index contributed by atoms with van der Waals surface area (Å²) < 4.78 is 5.36. The van der Waals surface area contributed by atoms with E-state index in [-0.39, 0.29) is 0 Å². The van der Waals surface area contributed by atoms with Gasteiger partial charge in [0.05, 0.1) is 13.2 Å². The van der Waals surface area contributed by atoms with Crippen molar-refractivity contribution >= 4 is 0 Å². The SMILES string of the molecule is C[C@@H]1CCC[C@@H](NCCCN2CCOCC2)C1. The summed E-state index contributed by atoms with van der Waals surface area (Å²) in [6.45, 7) is 8.91. The van der Waals surface area contributed by atoms with Crippen molar-refractivity contribution in [1.82, 2.24) is 10.2 Å². The highest BCUT2D eigenvalue weighted by atomic mass is 16.5. The minimum atomic E-state index is 0.795. The topological polar surface area (TPSA) is 24.5 Å². The average molecular weight is 240 g/mol. The highest BCUT2D eigenvalue weighted by molar-refractivity contribution is 4.75. The van der Waals surface area contributed by atoms with Gasteiger partial charge in [-0.15, -0.1) is 0 Å². The molecule has 3 nitrogen and oxygen atoms in total. The highest BCUT2D eigenvalue weighted by Crippen LogP contribution is 2.23. The molecule has 2 fully saturated rings. The fourth-order valence-corrected chi connectivity index (χ4v) is 3.05. The second kappa shape index (κ2) is 7.34. The first-order valence-electron chi connectivity index (χ1n) is 7.38. The van der Waals surface area contributed by atoms with Gasteiger partial charge in [0.15, 0.2) is 0 Å². The van der Waals surface area contributed by atoms with E-state index >= 15 is 0 Å². The van der Waals surface area contributed by atoms with Crippen molar-refractivity contribution in [1.29, 1.82) is 0 Å². The Morgan fingerprint density at radius 3 is 2.82 bits per heavy atom. The summed E-state index contributed by atoms with van der Waals surface area (Å²) in [4.78, 5) is 2.52. The molecule has 0 bridgehead atoms. The Hall–Kier alpha value is -0.120. The predicted octanol–water partition coefficient (Wildman–Crippen LogP) is 1.88. The molecular weight excluding hydrogens is 212 g/mol. The van der Waals surface area contributed by atoms with Crippen LogP contribution in [0.5, 0.6) is 0 Å². The van der Waals surface area contributed by atoms with E-state index in [2.05, 4.69) is 17.1 Å². The van der Waals surface area contributed by atoms with E-state index in [4.69, 9.17) is 4.74 Å². The van der Waals surface area contributed by atoms with Gasteiger partial charge >= 0.3 is 0 Å². The minimum absolute atomic E-state index is 0.795. The molecule has 0 aromatic heterocycles. The van der Waals surface area contributed by atoms with Crippen LogP contribution < -0.4 is 5.32 Å². The van der Waals surface area contributed by atoms with Crippen molar-refractivity contribution in [3.63, 3.8) is 0 Å². The van der Waals surface area contributed by atoms with Gasteiger partial charge in [0.25, 0.3) is 0 Å². The van der Waals surface area contributed by atoms with Crippen molar-refractivity contribution < 1.29 is 4.74 Å². The number of ether oxygens (including phenoxy) is 1. The smallest absolute Gasteiger partial charge is 0.0594 e. The zero-order valence-corrected chi connectivity index (χ0v) is 11.3. The van der Waals surface area contributed by atoms with Crippen molar-refractivity contribution in [2.75, 3.05) is 39.4 Å². The molecule has 1 saturated carbocycles. The lowest BCUT2D eigenvalue weighted by molar-refractivity contribution is 0.0373. The van der Waals surface area contributed by atoms with Crippen molar-refractivity contribution in [2.24, 2.45) is 5.92 Å². The van der Waals surface area contributed by atoms with Crippen LogP contribution in [0.25, 0.3) is 0 Å². The molecule has 2 aliphatic rings. The van der Waals surface area contributed by atoms with Crippen molar-refractivity contribution in [3.8, 4) is 0 Å². The minimum Gasteiger partial charge on any atom is -0.379 e. The van der Waals surface area contributed by atoms with Crippen molar-refractivity contribution in [3.05, 3.63) is 0 Å². The number of nitrogens with zero attached hydrogens (tertiary/aromatic N) is 1. The number of hydrogen-bond acceptors (Lipinski definition) is 3. The highest BCUT2D eigenvalue weighted by Gasteiger charge is 2.18. The van der Waals surface area contributed by atoms with Gasteiger partial charge in [-0.3, -0.25) is 4.90 Å². The lowest BCUT2D eigenvalue weighted by Crippen LogP contribution is -2.39. The van der Waals surface area contributed by atoms with Gasteiger partial charge in [-0.2, -0.15) is 0 Å². The summed E-state index contributed by atoms with van der Waals surface area (Å²) in [7, 11) is 0. The normalized spacial score (nSPS) is 31.6. The first-order chi connectivity index (χ1) is 8.34. The third kappa shape index (κ3) is 4.94. The molecular formula is C14H28N2O. The van der Waals surface area contributed by atoms with E-state index in [1.54, 1.807) is 0 Å². The fourth-order valence-electron chi connectivity index (χ4n) is 3.05. The molecule has 1 heterocycles. The zero-order valence-electron chi connectivity index (χ0n) is 11.3. The molecule has 0 spiro atoms. The third-order valence-corrected chi connectivity index (χ3v) is 4.12. The number of morpholine rings is 1. The summed E-state index contributed by atoms with van der Waals surface area (Å²) in [5.41, 5.74) is 0. The van der Waals surface area contributed by atoms with E-state index in [9.17, 15) is 0 Å². The van der Waals surface area contributed by atoms with Crippen LogP contribution in [0.3, 0.4) is 0 Å². The second-order valence-electron chi connectivity index (χ2n) is 5.73. The lowest BCUT2D eigenvalue weighted by Gasteiger charge is -2.29. The summed E-state index contributed by atoms with van der Waals surface area (Å²) in [6, 6.07) is 0.795. The van der Waals surface area contributed by atoms with Crippen LogP contribution in [0.4, 0.5) is 0 Å². The molecule has 1 N–H and O–H groups in total. The average Bonchev–Trinajstić information content (AvgIpc) is 2.36. The maximum atomic E-state index is 5.36. The molecule has 0 amide bonds. The summed E-state index contributed by atoms with van der Waals surface area (Å²) in [5.74, 6) is 0.931. The standard InChI is InChI=1S/C14H28N2O/c1-13-4-2-5-14(12-13)15-6-3-7-16-8-10-17-11-9-16/h13-15H,2-12H2,1H3/t13-,14-/m1/s1. The molecule has 1 aliphatic carbocycles. The molecule has 1 saturated heterocycles. The second-order valence-corrected chi connectivity index (χ2v) is 5.73. The fraction of sp³-hybridized carbons (Fsp3) is 1.00. The van der Waals surface area contributed by atoms with Crippen LogP contribution in [0.2, 0.25) is 0 Å². The molecule has 100 valence electrons. The van der Waals surface area contributed by atoms with Crippen LogP contribution in [0, 0.1) is 5.92 Å². The Morgan fingerprint density at radius 2 is 2.06 bits per heavy atom. The molecule has 3 heteroatoms. The predicted molar refractivity (Wildman–Crippen MR) is 71.3 cm³/mol. The monoisotopic (exact) mass is 240 g/mol. The first-order valence-corrected chi connectivity index (χ1v) is 7.38. The van der Waals surface area contributed by atoms with E-state index < -0.39 is 0 Å². The van der Waals surface area contributed by atoms with E-state index in [1.165, 1.54) is 45.2 Å². The van der Waals surface area contributed by atoms with Gasteiger partial charge in [0.1, 0.15) is 0 Å². The Balaban J connectivity index is 1.50. The molecule has 0 aromatic rings. The number of nitrogens with one attached hydrogen (secondary N) is 1. The van der Waals surface area contributed by atoms with Gasteiger partial charge in [-0.05, 0) is 38.3 Å². The molecule has 1 aliphatic heterocycles. The molecule has 0 unspecified atom stereocenters. The summed E-state index contributed by atoms with van der Waals surface area (Å²) >= 11 is 0. The summed E-state index contributed by atoms with van der Waals surface area (Å²) in [6.07, 6.45) is 6.92. The Labute approximate surface area is 106 Å². The third-order valence-electron chi connectivity index (χ3n) is 4.12. The van der Waals surface area contributed by atoms with Crippen LogP contribution in [-0.4, -0.2) is 50.3 Å².